The predicted molar refractivity (Wildman–Crippen MR) is 132 cm³/mol. The van der Waals surface area contributed by atoms with Crippen molar-refractivity contribution < 1.29 is 23.4 Å². The molecule has 7 heteroatoms. The molecule has 0 aliphatic carbocycles. The van der Waals surface area contributed by atoms with E-state index >= 15 is 0 Å². The van der Waals surface area contributed by atoms with Crippen molar-refractivity contribution in [1.29, 1.82) is 0 Å². The van der Waals surface area contributed by atoms with Gasteiger partial charge in [0.15, 0.2) is 0 Å². The lowest BCUT2D eigenvalue weighted by Gasteiger charge is -2.13. The summed E-state index contributed by atoms with van der Waals surface area (Å²) in [5.74, 6) is 1.79. The maximum atomic E-state index is 12.6. The number of allylic oxidation sites excluding steroid dienone is 1. The Balaban J connectivity index is 1.79. The van der Waals surface area contributed by atoms with Crippen molar-refractivity contribution in [2.24, 2.45) is 0 Å². The first-order chi connectivity index (χ1) is 16.5. The summed E-state index contributed by atoms with van der Waals surface area (Å²) in [6.07, 6.45) is 6.48. The summed E-state index contributed by atoms with van der Waals surface area (Å²) in [4.78, 5) is 16.6. The molecule has 2 aromatic carbocycles. The molecule has 0 spiro atoms. The molecular formula is C27H26N2O5. The summed E-state index contributed by atoms with van der Waals surface area (Å²) in [6, 6.07) is 13.0. The zero-order valence-corrected chi connectivity index (χ0v) is 19.5. The highest BCUT2D eigenvalue weighted by molar-refractivity contribution is 6.05. The van der Waals surface area contributed by atoms with E-state index in [1.165, 1.54) is 0 Å². The predicted octanol–water partition coefficient (Wildman–Crippen LogP) is 5.95. The molecule has 0 fully saturated rings. The molecule has 174 valence electrons. The summed E-state index contributed by atoms with van der Waals surface area (Å²) in [6.45, 7) is 4.26. The molecule has 4 aromatic rings. The monoisotopic (exact) mass is 458 g/mol. The van der Waals surface area contributed by atoms with Crippen molar-refractivity contribution in [2.75, 3.05) is 26.1 Å². The standard InChI is InChI=1S/C27H26N2O5/c1-5-33-25-14-26-22(23(16-34-26)21-12-19(31-3)8-9-24(21)32-4)13-20(25)17(2)11-27(30)29-18-7-6-10-28-15-18/h6-16H,5H2,1-4H3,(H,29,30)/b17-11+. The van der Waals surface area contributed by atoms with E-state index in [2.05, 4.69) is 10.3 Å². The Hall–Kier alpha value is -4.26. The second-order valence-corrected chi connectivity index (χ2v) is 7.55. The van der Waals surface area contributed by atoms with Gasteiger partial charge in [-0.15, -0.1) is 0 Å². The first-order valence-corrected chi connectivity index (χ1v) is 10.8. The SMILES string of the molecule is CCOc1cc2occ(-c3cc(OC)ccc3OC)c2cc1/C(C)=C/C(=O)Nc1cccnc1. The van der Waals surface area contributed by atoms with Crippen molar-refractivity contribution in [3.63, 3.8) is 0 Å². The molecule has 2 aromatic heterocycles. The van der Waals surface area contributed by atoms with Crippen molar-refractivity contribution in [3.8, 4) is 28.4 Å². The first kappa shape index (κ1) is 22.9. The average molecular weight is 459 g/mol. The molecule has 0 aliphatic heterocycles. The van der Waals surface area contributed by atoms with Crippen LogP contribution in [-0.4, -0.2) is 31.7 Å². The second kappa shape index (κ2) is 10.1. The number of fused-ring (bicyclic) bond motifs is 1. The normalized spacial score (nSPS) is 11.4. The largest absolute Gasteiger partial charge is 0.497 e. The molecule has 0 aliphatic rings. The van der Waals surface area contributed by atoms with Gasteiger partial charge in [-0.05, 0) is 55.8 Å². The van der Waals surface area contributed by atoms with Crippen molar-refractivity contribution >= 4 is 28.1 Å². The maximum absolute atomic E-state index is 12.6. The molecule has 1 N–H and O–H groups in total. The molecule has 0 bridgehead atoms. The highest BCUT2D eigenvalue weighted by Crippen LogP contribution is 2.41. The molecule has 4 rings (SSSR count). The third-order valence-corrected chi connectivity index (χ3v) is 5.37. The minimum Gasteiger partial charge on any atom is -0.497 e. The lowest BCUT2D eigenvalue weighted by Crippen LogP contribution is -2.08. The summed E-state index contributed by atoms with van der Waals surface area (Å²) in [7, 11) is 3.25. The van der Waals surface area contributed by atoms with Gasteiger partial charge in [-0.3, -0.25) is 9.78 Å². The lowest BCUT2D eigenvalue weighted by molar-refractivity contribution is -0.111. The number of anilines is 1. The molecule has 0 saturated heterocycles. The number of aromatic nitrogens is 1. The Labute approximate surface area is 198 Å². The zero-order chi connectivity index (χ0) is 24.1. The average Bonchev–Trinajstić information content (AvgIpc) is 3.26. The first-order valence-electron chi connectivity index (χ1n) is 10.8. The van der Waals surface area contributed by atoms with Crippen LogP contribution in [0.25, 0.3) is 27.7 Å². The van der Waals surface area contributed by atoms with Crippen LogP contribution in [0.1, 0.15) is 19.4 Å². The summed E-state index contributed by atoms with van der Waals surface area (Å²) < 4.78 is 22.7. The van der Waals surface area contributed by atoms with E-state index in [9.17, 15) is 4.79 Å². The lowest BCUT2D eigenvalue weighted by atomic mass is 9.98. The van der Waals surface area contributed by atoms with Crippen LogP contribution in [0.2, 0.25) is 0 Å². The van der Waals surface area contributed by atoms with Gasteiger partial charge in [0.1, 0.15) is 22.8 Å². The number of benzene rings is 2. The van der Waals surface area contributed by atoms with Gasteiger partial charge in [-0.1, -0.05) is 0 Å². The Kier molecular flexibility index (Phi) is 6.82. The van der Waals surface area contributed by atoms with Crippen LogP contribution >= 0.6 is 0 Å². The molecule has 34 heavy (non-hydrogen) atoms. The molecule has 0 atom stereocenters. The van der Waals surface area contributed by atoms with Gasteiger partial charge in [0, 0.05) is 40.4 Å². The summed E-state index contributed by atoms with van der Waals surface area (Å²) in [5, 5.41) is 3.69. The van der Waals surface area contributed by atoms with Crippen LogP contribution in [0, 0.1) is 0 Å². The molecule has 2 heterocycles. The maximum Gasteiger partial charge on any atom is 0.248 e. The summed E-state index contributed by atoms with van der Waals surface area (Å²) >= 11 is 0. The molecule has 0 radical (unpaired) electrons. The third-order valence-electron chi connectivity index (χ3n) is 5.37. The Bertz CT molecular complexity index is 1340. The number of furan rings is 1. The molecule has 0 unspecified atom stereocenters. The quantitative estimate of drug-likeness (QED) is 0.328. The second-order valence-electron chi connectivity index (χ2n) is 7.55. The van der Waals surface area contributed by atoms with Crippen molar-refractivity contribution in [3.05, 3.63) is 72.8 Å². The highest BCUT2D eigenvalue weighted by Gasteiger charge is 2.18. The third kappa shape index (κ3) is 4.73. The number of ether oxygens (including phenoxy) is 3. The fourth-order valence-corrected chi connectivity index (χ4v) is 3.76. The fraction of sp³-hybridized carbons (Fsp3) is 0.185. The highest BCUT2D eigenvalue weighted by atomic mass is 16.5. The Morgan fingerprint density at radius 3 is 2.65 bits per heavy atom. The van der Waals surface area contributed by atoms with E-state index in [4.69, 9.17) is 18.6 Å². The van der Waals surface area contributed by atoms with E-state index < -0.39 is 0 Å². The van der Waals surface area contributed by atoms with Gasteiger partial charge < -0.3 is 23.9 Å². The molecule has 0 saturated carbocycles. The van der Waals surface area contributed by atoms with Gasteiger partial charge in [0.25, 0.3) is 0 Å². The minimum absolute atomic E-state index is 0.255. The molecule has 7 nitrogen and oxygen atoms in total. The van der Waals surface area contributed by atoms with E-state index in [-0.39, 0.29) is 5.91 Å². The fourth-order valence-electron chi connectivity index (χ4n) is 3.76. The molecule has 1 amide bonds. The van der Waals surface area contributed by atoms with Crippen LogP contribution < -0.4 is 19.5 Å². The molecular weight excluding hydrogens is 432 g/mol. The Morgan fingerprint density at radius 1 is 1.09 bits per heavy atom. The number of pyridine rings is 1. The number of amides is 1. The number of carbonyl (C=O) groups excluding carboxylic acids is 1. The van der Waals surface area contributed by atoms with Gasteiger partial charge in [0.2, 0.25) is 5.91 Å². The zero-order valence-electron chi connectivity index (χ0n) is 19.5. The summed E-state index contributed by atoms with van der Waals surface area (Å²) in [5.41, 5.74) is 4.52. The number of methoxy groups -OCH3 is 2. The number of hydrogen-bond acceptors (Lipinski definition) is 6. The van der Waals surface area contributed by atoms with Gasteiger partial charge in [0.05, 0.1) is 39.0 Å². The van der Waals surface area contributed by atoms with E-state index in [1.807, 2.05) is 44.2 Å². The smallest absolute Gasteiger partial charge is 0.248 e. The van der Waals surface area contributed by atoms with Crippen LogP contribution in [0.15, 0.2) is 71.6 Å². The number of rotatable bonds is 8. The number of carbonyl (C=O) groups is 1. The minimum atomic E-state index is -0.255. The van der Waals surface area contributed by atoms with Gasteiger partial charge in [-0.2, -0.15) is 0 Å². The van der Waals surface area contributed by atoms with Gasteiger partial charge in [-0.25, -0.2) is 0 Å². The Morgan fingerprint density at radius 2 is 1.94 bits per heavy atom. The topological polar surface area (TPSA) is 82.8 Å². The van der Waals surface area contributed by atoms with Crippen LogP contribution in [0.4, 0.5) is 5.69 Å². The number of nitrogens with zero attached hydrogens (tertiary/aromatic N) is 1. The van der Waals surface area contributed by atoms with Crippen LogP contribution in [0.5, 0.6) is 17.2 Å². The van der Waals surface area contributed by atoms with Crippen LogP contribution in [-0.2, 0) is 4.79 Å². The van der Waals surface area contributed by atoms with Crippen molar-refractivity contribution in [2.45, 2.75) is 13.8 Å². The number of nitrogens with one attached hydrogen (secondary N) is 1. The van der Waals surface area contributed by atoms with E-state index in [0.717, 1.165) is 27.6 Å². The van der Waals surface area contributed by atoms with E-state index in [0.29, 0.717) is 35.1 Å². The number of hydrogen-bond donors (Lipinski definition) is 1. The van der Waals surface area contributed by atoms with Gasteiger partial charge >= 0.3 is 0 Å². The van der Waals surface area contributed by atoms with Crippen molar-refractivity contribution in [1.82, 2.24) is 4.98 Å². The van der Waals surface area contributed by atoms with Crippen LogP contribution in [0.3, 0.4) is 0 Å². The van der Waals surface area contributed by atoms with E-state index in [1.54, 1.807) is 51.1 Å².